The number of carbonyl (C=O) groups excluding carboxylic acids is 2. The minimum atomic E-state index is -0.916. The predicted octanol–water partition coefficient (Wildman–Crippen LogP) is 4.52. The summed E-state index contributed by atoms with van der Waals surface area (Å²) in [6, 6.07) is 10.9. The number of fused-ring (bicyclic) bond motifs is 1. The lowest BCUT2D eigenvalue weighted by Gasteiger charge is -2.27. The van der Waals surface area contributed by atoms with Crippen molar-refractivity contribution in [2.24, 2.45) is 0 Å². The smallest absolute Gasteiger partial charge is 0.290 e. The van der Waals surface area contributed by atoms with Crippen LogP contribution in [0.25, 0.3) is 11.0 Å². The zero-order chi connectivity index (χ0) is 23.7. The molecule has 1 aliphatic heterocycles. The summed E-state index contributed by atoms with van der Waals surface area (Å²) in [6.07, 6.45) is 0.495. The average Bonchev–Trinajstić information content (AvgIpc) is 3.35. The van der Waals surface area contributed by atoms with Crippen molar-refractivity contribution in [2.45, 2.75) is 12.5 Å². The highest BCUT2D eigenvalue weighted by Crippen LogP contribution is 2.44. The van der Waals surface area contributed by atoms with E-state index in [-0.39, 0.29) is 29.4 Å². The average molecular weight is 516 g/mol. The number of ether oxygens (including phenoxy) is 2. The third-order valence-electron chi connectivity index (χ3n) is 5.53. The van der Waals surface area contributed by atoms with Crippen molar-refractivity contribution in [3.05, 3.63) is 69.6 Å². The third kappa shape index (κ3) is 4.09. The number of rotatable bonds is 8. The molecular weight excluding hydrogens is 494 g/mol. The third-order valence-corrected chi connectivity index (χ3v) is 6.14. The second kappa shape index (κ2) is 9.29. The summed E-state index contributed by atoms with van der Waals surface area (Å²) < 4.78 is 16.4. The number of carbonyl (C=O) groups is 2. The van der Waals surface area contributed by atoms with Gasteiger partial charge < -0.3 is 29.0 Å². The fourth-order valence-corrected chi connectivity index (χ4v) is 4.44. The Kier molecular flexibility index (Phi) is 6.44. The topological polar surface area (TPSA) is 109 Å². The minimum Gasteiger partial charge on any atom is -0.503 e. The van der Waals surface area contributed by atoms with Crippen LogP contribution in [0.1, 0.15) is 28.6 Å². The van der Waals surface area contributed by atoms with E-state index in [1.54, 1.807) is 37.4 Å². The first-order chi connectivity index (χ1) is 15.9. The molecule has 0 fully saturated rings. The summed E-state index contributed by atoms with van der Waals surface area (Å²) in [7, 11) is 2.95. The summed E-state index contributed by atoms with van der Waals surface area (Å²) in [5.74, 6) is -1.84. The lowest BCUT2D eigenvalue weighted by molar-refractivity contribution is -0.129. The van der Waals surface area contributed by atoms with E-state index in [2.05, 4.69) is 15.9 Å². The summed E-state index contributed by atoms with van der Waals surface area (Å²) in [5.41, 5.74) is 0.898. The van der Waals surface area contributed by atoms with Crippen molar-refractivity contribution >= 4 is 38.6 Å². The number of methoxy groups -OCH3 is 2. The van der Waals surface area contributed by atoms with Gasteiger partial charge in [0.15, 0.2) is 23.0 Å². The molecule has 4 rings (SSSR count). The molecule has 0 saturated carbocycles. The number of ketones is 1. The number of hydrogen-bond acceptors (Lipinski definition) is 7. The molecule has 0 aliphatic carbocycles. The van der Waals surface area contributed by atoms with Crippen LogP contribution in [0.5, 0.6) is 11.5 Å². The van der Waals surface area contributed by atoms with Gasteiger partial charge in [-0.1, -0.05) is 18.2 Å². The van der Waals surface area contributed by atoms with Crippen LogP contribution in [-0.2, 0) is 9.53 Å². The highest BCUT2D eigenvalue weighted by atomic mass is 79.9. The SMILES string of the molecule is COCCCN1C(=O)C(O)=C(C(=O)c2cc3ccccc3o2)C1c1cc(Br)c(O)c(OC)c1. The number of nitrogens with zero attached hydrogens (tertiary/aromatic N) is 1. The number of aliphatic hydroxyl groups is 1. The second-order valence-corrected chi connectivity index (χ2v) is 8.40. The Balaban J connectivity index is 1.83. The molecule has 0 spiro atoms. The zero-order valence-corrected chi connectivity index (χ0v) is 19.6. The molecule has 1 aromatic heterocycles. The molecule has 2 aromatic carbocycles. The van der Waals surface area contributed by atoms with Crippen LogP contribution in [0.3, 0.4) is 0 Å². The van der Waals surface area contributed by atoms with E-state index in [9.17, 15) is 19.8 Å². The van der Waals surface area contributed by atoms with Gasteiger partial charge in [-0.2, -0.15) is 0 Å². The van der Waals surface area contributed by atoms with E-state index in [0.29, 0.717) is 28.6 Å². The maximum Gasteiger partial charge on any atom is 0.290 e. The first-order valence-electron chi connectivity index (χ1n) is 10.2. The molecule has 1 aliphatic rings. The Labute approximate surface area is 198 Å². The highest BCUT2D eigenvalue weighted by Gasteiger charge is 2.44. The number of hydrogen-bond donors (Lipinski definition) is 2. The Morgan fingerprint density at radius 2 is 1.94 bits per heavy atom. The Bertz CT molecular complexity index is 1230. The van der Waals surface area contributed by atoms with Crippen LogP contribution >= 0.6 is 15.9 Å². The van der Waals surface area contributed by atoms with Crippen molar-refractivity contribution in [2.75, 3.05) is 27.4 Å². The van der Waals surface area contributed by atoms with E-state index in [0.717, 1.165) is 5.39 Å². The lowest BCUT2D eigenvalue weighted by Crippen LogP contribution is -2.32. The van der Waals surface area contributed by atoms with E-state index in [1.807, 2.05) is 6.07 Å². The maximum atomic E-state index is 13.5. The lowest BCUT2D eigenvalue weighted by atomic mass is 9.94. The van der Waals surface area contributed by atoms with Crippen LogP contribution in [0, 0.1) is 0 Å². The summed E-state index contributed by atoms with van der Waals surface area (Å²) in [4.78, 5) is 27.9. The molecule has 2 N–H and O–H groups in total. The molecule has 1 amide bonds. The van der Waals surface area contributed by atoms with Gasteiger partial charge in [0.05, 0.1) is 23.2 Å². The van der Waals surface area contributed by atoms with Gasteiger partial charge >= 0.3 is 0 Å². The van der Waals surface area contributed by atoms with Gasteiger partial charge in [0.1, 0.15) is 5.58 Å². The largest absolute Gasteiger partial charge is 0.503 e. The standard InChI is InChI=1S/C24H22BrNO7/c1-31-9-5-8-26-20(14-10-15(25)21(27)17(12-14)32-2)19(23(29)24(26)30)22(28)18-11-13-6-3-4-7-16(13)33-18/h3-4,6-7,10-12,20,27,29H,5,8-9H2,1-2H3. The molecular formula is C24H22BrNO7. The van der Waals surface area contributed by atoms with Crippen molar-refractivity contribution < 1.29 is 33.7 Å². The number of phenols is 1. The molecule has 172 valence electrons. The van der Waals surface area contributed by atoms with Gasteiger partial charge in [-0.25, -0.2) is 0 Å². The molecule has 8 nitrogen and oxygen atoms in total. The quantitative estimate of drug-likeness (QED) is 0.335. The summed E-state index contributed by atoms with van der Waals surface area (Å²) >= 11 is 3.29. The molecule has 1 unspecified atom stereocenters. The number of aliphatic hydroxyl groups excluding tert-OH is 1. The van der Waals surface area contributed by atoms with Crippen LogP contribution in [0.15, 0.2) is 62.7 Å². The van der Waals surface area contributed by atoms with Gasteiger partial charge in [-0.15, -0.1) is 0 Å². The van der Waals surface area contributed by atoms with Crippen LogP contribution in [0.4, 0.5) is 0 Å². The highest BCUT2D eigenvalue weighted by molar-refractivity contribution is 9.10. The van der Waals surface area contributed by atoms with Crippen LogP contribution < -0.4 is 4.74 Å². The van der Waals surface area contributed by atoms with E-state index in [4.69, 9.17) is 13.9 Å². The van der Waals surface area contributed by atoms with Crippen molar-refractivity contribution in [3.63, 3.8) is 0 Å². The number of aromatic hydroxyl groups is 1. The normalized spacial score (nSPS) is 16.2. The maximum absolute atomic E-state index is 13.5. The molecule has 9 heteroatoms. The van der Waals surface area contributed by atoms with Gasteiger partial charge in [0.2, 0.25) is 5.78 Å². The Morgan fingerprint density at radius 3 is 2.64 bits per heavy atom. The van der Waals surface area contributed by atoms with Gasteiger partial charge in [-0.3, -0.25) is 9.59 Å². The van der Waals surface area contributed by atoms with Gasteiger partial charge in [0, 0.05) is 25.6 Å². The molecule has 2 heterocycles. The van der Waals surface area contributed by atoms with Crippen molar-refractivity contribution in [1.82, 2.24) is 4.90 Å². The van der Waals surface area contributed by atoms with Crippen LogP contribution in [-0.4, -0.2) is 54.2 Å². The number of amides is 1. The zero-order valence-electron chi connectivity index (χ0n) is 18.0. The molecule has 33 heavy (non-hydrogen) atoms. The second-order valence-electron chi connectivity index (χ2n) is 7.54. The minimum absolute atomic E-state index is 0.0131. The fraction of sp³-hybridized carbons (Fsp3) is 0.250. The Morgan fingerprint density at radius 1 is 1.18 bits per heavy atom. The summed E-state index contributed by atoms with van der Waals surface area (Å²) in [5, 5.41) is 21.7. The first-order valence-corrected chi connectivity index (χ1v) is 11.0. The van der Waals surface area contributed by atoms with Crippen LogP contribution in [0.2, 0.25) is 0 Å². The Hall–Kier alpha value is -3.30. The number of furan rings is 1. The number of halogens is 1. The van der Waals surface area contributed by atoms with Gasteiger partial charge in [0.25, 0.3) is 5.91 Å². The number of phenolic OH excluding ortho intramolecular Hbond substituents is 1. The number of benzene rings is 2. The number of para-hydroxylation sites is 1. The molecule has 0 saturated heterocycles. The molecule has 3 aromatic rings. The summed E-state index contributed by atoms with van der Waals surface area (Å²) in [6.45, 7) is 0.631. The molecule has 1 atom stereocenters. The fourth-order valence-electron chi connectivity index (χ4n) is 3.98. The van der Waals surface area contributed by atoms with Crippen molar-refractivity contribution in [1.29, 1.82) is 0 Å². The van der Waals surface area contributed by atoms with Gasteiger partial charge in [-0.05, 0) is 52.2 Å². The number of Topliss-reactive ketones (excluding diaryl/α,β-unsaturated/α-hetero) is 1. The van der Waals surface area contributed by atoms with E-state index in [1.165, 1.54) is 18.1 Å². The molecule has 0 bridgehead atoms. The molecule has 0 radical (unpaired) electrons. The predicted molar refractivity (Wildman–Crippen MR) is 124 cm³/mol. The first kappa shape index (κ1) is 22.9. The van der Waals surface area contributed by atoms with Crippen molar-refractivity contribution in [3.8, 4) is 11.5 Å². The monoisotopic (exact) mass is 515 g/mol. The van der Waals surface area contributed by atoms with E-state index >= 15 is 0 Å². The van der Waals surface area contributed by atoms with E-state index < -0.39 is 23.5 Å².